The SMILES string of the molecule is [2H]c1c([2H])c([2H])c(-c2cc(-c3cccc([Si](c4ccccc4)(c4ccccc4)c4ccccc4)c3)cc(-c3c([2H])c([2H])c([2H])c([2H])c3[2H])c2-[n+]2[c-]n(-c3[c-]c(Oc4[c-]c5c(cc4)c4ccccc4n5-c4cc(C(C)(C)C)ccn4)ccc3)c3ccccc32)c([2H])c1[2H].[Pt]. The Kier molecular flexibility index (Phi) is 11.3. The monoisotopic (exact) mass is 1270 g/mol. The van der Waals surface area contributed by atoms with Crippen molar-refractivity contribution in [1.82, 2.24) is 14.1 Å². The molecule has 3 aromatic heterocycles. The average Bonchev–Trinajstić information content (AvgIpc) is 1.60. The summed E-state index contributed by atoms with van der Waals surface area (Å²) in [5.41, 5.74) is 5.44. The van der Waals surface area contributed by atoms with Gasteiger partial charge >= 0.3 is 0 Å². The Labute approximate surface area is 514 Å². The number of pyridine rings is 1. The zero-order valence-electron chi connectivity index (χ0n) is 55.4. The maximum absolute atomic E-state index is 9.67. The van der Waals surface area contributed by atoms with Gasteiger partial charge in [-0.1, -0.05) is 244 Å². The van der Waals surface area contributed by atoms with Gasteiger partial charge in [-0.05, 0) is 107 Å². The summed E-state index contributed by atoms with van der Waals surface area (Å²) < 4.78 is 105. The summed E-state index contributed by atoms with van der Waals surface area (Å²) in [6.45, 7) is 6.52. The zero-order chi connectivity index (χ0) is 63.9. The Hall–Kier alpha value is -9.45. The number of ether oxygens (including phenoxy) is 1. The van der Waals surface area contributed by atoms with Crippen LogP contribution in [0, 0.1) is 18.5 Å². The largest absolute Gasteiger partial charge is 0.510 e. The van der Waals surface area contributed by atoms with Gasteiger partial charge in [0, 0.05) is 44.3 Å². The second-order valence-electron chi connectivity index (χ2n) is 21.2. The van der Waals surface area contributed by atoms with Gasteiger partial charge in [0.25, 0.3) is 6.33 Å². The average molecular weight is 1270 g/mol. The molecule has 0 unspecified atom stereocenters. The Balaban J connectivity index is 0.00000787. The fraction of sp³-hybridized carbons (Fsp3) is 0.0526. The topological polar surface area (TPSA) is 35.9 Å². The number of fused-ring (bicyclic) bond motifs is 4. The summed E-state index contributed by atoms with van der Waals surface area (Å²) in [5.74, 6) is 1.51. The molecule has 7 heteroatoms. The molecular weight excluding hydrogens is 1210 g/mol. The van der Waals surface area contributed by atoms with Gasteiger partial charge in [-0.15, -0.1) is 29.7 Å². The molecule has 0 spiro atoms. The number of nitrogens with zero attached hydrogens (tertiary/aromatic N) is 4. The summed E-state index contributed by atoms with van der Waals surface area (Å²) in [6, 6.07) is 73.5. The third kappa shape index (κ3) is 9.64. The van der Waals surface area contributed by atoms with Gasteiger partial charge in [-0.3, -0.25) is 4.57 Å². The van der Waals surface area contributed by atoms with Crippen LogP contribution in [0.15, 0.2) is 285 Å². The van der Waals surface area contributed by atoms with Crippen molar-refractivity contribution >= 4 is 61.7 Å². The third-order valence-electron chi connectivity index (χ3n) is 15.3. The van der Waals surface area contributed by atoms with E-state index in [0.717, 1.165) is 53.9 Å². The molecule has 0 radical (unpaired) electrons. The first-order valence-electron chi connectivity index (χ1n) is 32.1. The fourth-order valence-corrected chi connectivity index (χ4v) is 16.3. The molecule has 0 amide bonds. The summed E-state index contributed by atoms with van der Waals surface area (Å²) in [4.78, 5) is 4.85. The summed E-state index contributed by atoms with van der Waals surface area (Å²) in [5, 5.41) is 6.38. The zero-order valence-corrected chi connectivity index (χ0v) is 48.6. The van der Waals surface area contributed by atoms with Crippen LogP contribution in [0.4, 0.5) is 0 Å². The van der Waals surface area contributed by atoms with Gasteiger partial charge in [-0.2, -0.15) is 18.2 Å². The molecule has 0 atom stereocenters. The van der Waals surface area contributed by atoms with Crippen molar-refractivity contribution < 1.29 is 44.1 Å². The van der Waals surface area contributed by atoms with E-state index in [1.54, 1.807) is 27.3 Å². The normalized spacial score (nSPS) is 13.4. The third-order valence-corrected chi connectivity index (χ3v) is 20.1. The molecule has 0 saturated heterocycles. The minimum absolute atomic E-state index is 0. The maximum atomic E-state index is 9.67. The van der Waals surface area contributed by atoms with Crippen LogP contribution in [-0.4, -0.2) is 22.2 Å². The molecule has 83 heavy (non-hydrogen) atoms. The van der Waals surface area contributed by atoms with Crippen LogP contribution >= 0.6 is 0 Å². The van der Waals surface area contributed by atoms with Crippen LogP contribution in [0.3, 0.4) is 0 Å². The van der Waals surface area contributed by atoms with Crippen molar-refractivity contribution in [3.05, 3.63) is 309 Å². The molecule has 3 heterocycles. The smallest absolute Gasteiger partial charge is 0.268 e. The maximum Gasteiger partial charge on any atom is 0.268 e. The Morgan fingerprint density at radius 3 is 1.70 bits per heavy atom. The van der Waals surface area contributed by atoms with Crippen molar-refractivity contribution in [3.8, 4) is 62.1 Å². The molecule has 11 aromatic carbocycles. The molecule has 0 saturated carbocycles. The van der Waals surface area contributed by atoms with E-state index >= 15 is 0 Å². The van der Waals surface area contributed by atoms with Crippen LogP contribution in [-0.2, 0) is 26.5 Å². The van der Waals surface area contributed by atoms with Gasteiger partial charge in [0.2, 0.25) is 0 Å². The van der Waals surface area contributed by atoms with E-state index in [-0.39, 0.29) is 54.4 Å². The number of hydrogen-bond donors (Lipinski definition) is 0. The molecule has 0 bridgehead atoms. The van der Waals surface area contributed by atoms with Gasteiger partial charge in [-0.25, -0.2) is 4.98 Å². The molecule has 0 aliphatic heterocycles. The van der Waals surface area contributed by atoms with Crippen LogP contribution in [0.25, 0.3) is 83.4 Å². The van der Waals surface area contributed by atoms with E-state index < -0.39 is 68.5 Å². The second-order valence-corrected chi connectivity index (χ2v) is 25.0. The molecule has 5 nitrogen and oxygen atoms in total. The van der Waals surface area contributed by atoms with Crippen LogP contribution in [0.5, 0.6) is 11.5 Å². The molecule has 0 fully saturated rings. The number of aromatic nitrogens is 4. The Morgan fingerprint density at radius 1 is 0.494 bits per heavy atom. The Bertz CT molecular complexity index is 5030. The first kappa shape index (κ1) is 42.4. The Morgan fingerprint density at radius 2 is 1.06 bits per heavy atom. The van der Waals surface area contributed by atoms with Gasteiger partial charge in [0.1, 0.15) is 5.82 Å². The minimum Gasteiger partial charge on any atom is -0.510 e. The van der Waals surface area contributed by atoms with E-state index in [9.17, 15) is 5.48 Å². The number of para-hydroxylation sites is 3. The number of rotatable bonds is 12. The van der Waals surface area contributed by atoms with Crippen molar-refractivity contribution in [2.24, 2.45) is 0 Å². The van der Waals surface area contributed by atoms with Crippen molar-refractivity contribution in [1.29, 1.82) is 0 Å². The number of benzene rings is 11. The van der Waals surface area contributed by atoms with Crippen molar-refractivity contribution in [3.63, 3.8) is 0 Å². The van der Waals surface area contributed by atoms with Crippen LogP contribution in [0.1, 0.15) is 40.0 Å². The number of imidazole rings is 1. The fourth-order valence-electron chi connectivity index (χ4n) is 11.5. The van der Waals surface area contributed by atoms with Crippen LogP contribution < -0.4 is 30.1 Å². The molecule has 0 aliphatic carbocycles. The molecule has 0 N–H and O–H groups in total. The number of hydrogen-bond acceptors (Lipinski definition) is 2. The predicted molar refractivity (Wildman–Crippen MR) is 339 cm³/mol. The van der Waals surface area contributed by atoms with Gasteiger partial charge in [0.15, 0.2) is 8.07 Å². The van der Waals surface area contributed by atoms with Crippen LogP contribution in [0.2, 0.25) is 0 Å². The molecule has 0 aliphatic rings. The molecule has 14 rings (SSSR count). The summed E-state index contributed by atoms with van der Waals surface area (Å²) in [7, 11) is -3.18. The molecule has 14 aromatic rings. The molecular formula is C76H56N4OPtSi-2. The first-order chi connectivity index (χ1) is 44.4. The van der Waals surface area contributed by atoms with E-state index in [2.05, 4.69) is 111 Å². The summed E-state index contributed by atoms with van der Waals surface area (Å²) >= 11 is 0. The van der Waals surface area contributed by atoms with E-state index in [4.69, 9.17) is 17.9 Å². The van der Waals surface area contributed by atoms with Crippen molar-refractivity contribution in [2.75, 3.05) is 0 Å². The van der Waals surface area contributed by atoms with Crippen molar-refractivity contribution in [2.45, 2.75) is 26.2 Å². The first-order valence-corrected chi connectivity index (χ1v) is 29.1. The second kappa shape index (κ2) is 22.1. The van der Waals surface area contributed by atoms with Gasteiger partial charge in [0.05, 0.1) is 30.4 Å². The predicted octanol–water partition coefficient (Wildman–Crippen LogP) is 15.3. The van der Waals surface area contributed by atoms with E-state index in [1.165, 1.54) is 0 Å². The summed E-state index contributed by atoms with van der Waals surface area (Å²) in [6.07, 6.45) is 5.38. The minimum atomic E-state index is -3.18. The van der Waals surface area contributed by atoms with Gasteiger partial charge < -0.3 is 13.9 Å². The van der Waals surface area contributed by atoms with E-state index in [0.29, 0.717) is 39.3 Å². The standard InChI is InChI=1S/C76H56N4OSi.Pt/c1-76(2,3)58-45-46-77-74(50-58)80-70-40-20-19-39-66(70)67-44-43-61(52-73(67)80)81-60-31-24-30-59(51-60)78-53-79(72-42-22-21-41-71(72)78)75-68(54-25-9-4-10-26-54)48-57(49-69(75)55-27-11-5-12-28-55)56-29-23-38-65(47-56)82(62-32-13-6-14-33-62,63-34-15-7-16-35-63)64-36-17-8-18-37-64;/h4-50H,1-3H3;/q-2;/i4D,5D,9D,10D,11D,12D,25D,26D,27D,28D;. The quantitative estimate of drug-likeness (QED) is 0.0529. The molecule has 402 valence electrons. The van der Waals surface area contributed by atoms with E-state index in [1.807, 2.05) is 140 Å².